The van der Waals surface area contributed by atoms with Gasteiger partial charge in [-0.2, -0.15) is 8.78 Å². The van der Waals surface area contributed by atoms with Crippen molar-refractivity contribution in [3.63, 3.8) is 0 Å². The summed E-state index contributed by atoms with van der Waals surface area (Å²) < 4.78 is 55.1. The van der Waals surface area contributed by atoms with Gasteiger partial charge < -0.3 is 4.74 Å². The van der Waals surface area contributed by atoms with Crippen LogP contribution in [0.4, 0.5) is 8.78 Å². The first-order valence-electron chi connectivity index (χ1n) is 6.72. The smallest absolute Gasteiger partial charge is 0.387 e. The van der Waals surface area contributed by atoms with Gasteiger partial charge in [-0.25, -0.2) is 13.1 Å². The summed E-state index contributed by atoms with van der Waals surface area (Å²) in [6, 6.07) is 14.9. The number of alkyl halides is 2. The lowest BCUT2D eigenvalue weighted by Gasteiger charge is -2.10. The molecule has 2 rings (SSSR count). The van der Waals surface area contributed by atoms with E-state index in [9.17, 15) is 17.2 Å². The summed E-state index contributed by atoms with van der Waals surface area (Å²) in [5.74, 6) is -0.0581. The molecule has 2 aromatic rings. The Bertz CT molecular complexity index is 762. The first-order chi connectivity index (χ1) is 11.0. The normalized spacial score (nSPS) is 12.0. The Kier molecular flexibility index (Phi) is 5.84. The second kappa shape index (κ2) is 7.85. The molecule has 122 valence electrons. The van der Waals surface area contributed by atoms with Gasteiger partial charge in [-0.1, -0.05) is 48.5 Å². The predicted molar refractivity (Wildman–Crippen MR) is 84.3 cm³/mol. The minimum Gasteiger partial charge on any atom is -0.434 e. The second-order valence-electron chi connectivity index (χ2n) is 4.57. The molecule has 0 atom stereocenters. The lowest BCUT2D eigenvalue weighted by molar-refractivity contribution is -0.0504. The molecule has 0 amide bonds. The quantitative estimate of drug-likeness (QED) is 0.841. The van der Waals surface area contributed by atoms with Crippen molar-refractivity contribution in [3.8, 4) is 5.75 Å². The van der Waals surface area contributed by atoms with E-state index in [0.717, 1.165) is 11.0 Å². The van der Waals surface area contributed by atoms with E-state index in [1.807, 2.05) is 6.07 Å². The monoisotopic (exact) mass is 339 g/mol. The first kappa shape index (κ1) is 17.1. The number of hydrogen-bond donors (Lipinski definition) is 1. The highest BCUT2D eigenvalue weighted by Crippen LogP contribution is 2.20. The van der Waals surface area contributed by atoms with Crippen LogP contribution in [0, 0.1) is 0 Å². The van der Waals surface area contributed by atoms with Crippen molar-refractivity contribution in [3.05, 3.63) is 71.1 Å². The van der Waals surface area contributed by atoms with E-state index < -0.39 is 16.6 Å². The SMILES string of the molecule is O=S(=O)(C=Cc1ccccc1)NCc1ccccc1OC(F)F. The summed E-state index contributed by atoms with van der Waals surface area (Å²) in [4.78, 5) is 0. The third-order valence-electron chi connectivity index (χ3n) is 2.89. The van der Waals surface area contributed by atoms with Crippen LogP contribution in [0.3, 0.4) is 0 Å². The van der Waals surface area contributed by atoms with E-state index >= 15 is 0 Å². The van der Waals surface area contributed by atoms with Gasteiger partial charge in [0.2, 0.25) is 10.0 Å². The van der Waals surface area contributed by atoms with Crippen LogP contribution in [0.1, 0.15) is 11.1 Å². The summed E-state index contributed by atoms with van der Waals surface area (Å²) >= 11 is 0. The number of nitrogens with one attached hydrogen (secondary N) is 1. The van der Waals surface area contributed by atoms with E-state index in [1.54, 1.807) is 30.3 Å². The van der Waals surface area contributed by atoms with Gasteiger partial charge >= 0.3 is 6.61 Å². The average Bonchev–Trinajstić information content (AvgIpc) is 2.53. The van der Waals surface area contributed by atoms with E-state index in [-0.39, 0.29) is 12.3 Å². The molecule has 23 heavy (non-hydrogen) atoms. The molecule has 0 aliphatic carbocycles. The molecular weight excluding hydrogens is 324 g/mol. The summed E-state index contributed by atoms with van der Waals surface area (Å²) in [6.07, 6.45) is 1.45. The number of benzene rings is 2. The average molecular weight is 339 g/mol. The van der Waals surface area contributed by atoms with Gasteiger partial charge in [0.1, 0.15) is 5.75 Å². The molecule has 0 aliphatic rings. The highest BCUT2D eigenvalue weighted by molar-refractivity contribution is 7.92. The number of para-hydroxylation sites is 1. The van der Waals surface area contributed by atoms with Crippen LogP contribution >= 0.6 is 0 Å². The molecule has 0 heterocycles. The second-order valence-corrected chi connectivity index (χ2v) is 6.22. The summed E-state index contributed by atoms with van der Waals surface area (Å²) in [5.41, 5.74) is 1.06. The Morgan fingerprint density at radius 3 is 2.39 bits per heavy atom. The highest BCUT2D eigenvalue weighted by Gasteiger charge is 2.11. The van der Waals surface area contributed by atoms with Crippen molar-refractivity contribution in [2.45, 2.75) is 13.2 Å². The van der Waals surface area contributed by atoms with Crippen molar-refractivity contribution >= 4 is 16.1 Å². The fraction of sp³-hybridized carbons (Fsp3) is 0.125. The zero-order chi connectivity index (χ0) is 16.7. The van der Waals surface area contributed by atoms with Gasteiger partial charge in [-0.05, 0) is 17.7 Å². The van der Waals surface area contributed by atoms with Gasteiger partial charge in [-0.3, -0.25) is 0 Å². The number of rotatable bonds is 7. The minimum absolute atomic E-state index is 0.0581. The minimum atomic E-state index is -3.70. The molecule has 4 nitrogen and oxygen atoms in total. The van der Waals surface area contributed by atoms with Crippen molar-refractivity contribution < 1.29 is 21.9 Å². The Morgan fingerprint density at radius 2 is 1.70 bits per heavy atom. The maximum absolute atomic E-state index is 12.3. The molecule has 0 bridgehead atoms. The Balaban J connectivity index is 2.04. The lowest BCUT2D eigenvalue weighted by Crippen LogP contribution is -2.21. The van der Waals surface area contributed by atoms with E-state index in [2.05, 4.69) is 9.46 Å². The zero-order valence-corrected chi connectivity index (χ0v) is 12.8. The number of hydrogen-bond acceptors (Lipinski definition) is 3. The van der Waals surface area contributed by atoms with Gasteiger partial charge in [0.25, 0.3) is 0 Å². The number of halogens is 2. The van der Waals surface area contributed by atoms with Crippen LogP contribution in [-0.4, -0.2) is 15.0 Å². The molecule has 0 saturated heterocycles. The molecule has 2 aromatic carbocycles. The standard InChI is InChI=1S/C16H15F2NO3S/c17-16(18)22-15-9-5-4-8-14(15)12-19-23(20,21)11-10-13-6-2-1-3-7-13/h1-11,16,19H,12H2. The van der Waals surface area contributed by atoms with Crippen LogP contribution in [0.15, 0.2) is 60.0 Å². The lowest BCUT2D eigenvalue weighted by atomic mass is 10.2. The van der Waals surface area contributed by atoms with E-state index in [0.29, 0.717) is 5.56 Å². The van der Waals surface area contributed by atoms with Gasteiger partial charge in [0.15, 0.2) is 0 Å². The summed E-state index contributed by atoms with van der Waals surface area (Å²) in [7, 11) is -3.70. The highest BCUT2D eigenvalue weighted by atomic mass is 32.2. The van der Waals surface area contributed by atoms with E-state index in [1.165, 1.54) is 24.3 Å². The largest absolute Gasteiger partial charge is 0.434 e. The molecule has 0 radical (unpaired) electrons. The zero-order valence-electron chi connectivity index (χ0n) is 12.0. The number of sulfonamides is 1. The van der Waals surface area contributed by atoms with Gasteiger partial charge in [0, 0.05) is 17.5 Å². The summed E-state index contributed by atoms with van der Waals surface area (Å²) in [5, 5.41) is 1.03. The Hall–Kier alpha value is -2.25. The van der Waals surface area contributed by atoms with Crippen molar-refractivity contribution in [1.82, 2.24) is 4.72 Å². The molecule has 0 aliphatic heterocycles. The molecule has 0 saturated carbocycles. The fourth-order valence-electron chi connectivity index (χ4n) is 1.82. The molecule has 1 N–H and O–H groups in total. The van der Waals surface area contributed by atoms with Crippen LogP contribution in [0.2, 0.25) is 0 Å². The summed E-state index contributed by atoms with van der Waals surface area (Å²) in [6.45, 7) is -3.12. The topological polar surface area (TPSA) is 55.4 Å². The third-order valence-corrected chi connectivity index (χ3v) is 3.93. The molecule has 0 fully saturated rings. The predicted octanol–water partition coefficient (Wildman–Crippen LogP) is 3.38. The maximum Gasteiger partial charge on any atom is 0.387 e. The van der Waals surface area contributed by atoms with Crippen LogP contribution < -0.4 is 9.46 Å². The Labute approximate surface area is 133 Å². The van der Waals surface area contributed by atoms with Crippen LogP contribution in [0.5, 0.6) is 5.75 Å². The van der Waals surface area contributed by atoms with Crippen LogP contribution in [-0.2, 0) is 16.6 Å². The van der Waals surface area contributed by atoms with Crippen molar-refractivity contribution in [2.75, 3.05) is 0 Å². The third kappa shape index (κ3) is 5.80. The number of ether oxygens (including phenoxy) is 1. The fourth-order valence-corrected chi connectivity index (χ4v) is 2.61. The first-order valence-corrected chi connectivity index (χ1v) is 8.26. The molecular formula is C16H15F2NO3S. The van der Waals surface area contributed by atoms with Gasteiger partial charge in [-0.15, -0.1) is 0 Å². The molecule has 7 heteroatoms. The van der Waals surface area contributed by atoms with Crippen molar-refractivity contribution in [1.29, 1.82) is 0 Å². The van der Waals surface area contributed by atoms with Crippen LogP contribution in [0.25, 0.3) is 6.08 Å². The van der Waals surface area contributed by atoms with E-state index in [4.69, 9.17) is 0 Å². The van der Waals surface area contributed by atoms with Crippen molar-refractivity contribution in [2.24, 2.45) is 0 Å². The molecule has 0 unspecified atom stereocenters. The molecule has 0 aromatic heterocycles. The Morgan fingerprint density at radius 1 is 1.04 bits per heavy atom. The van der Waals surface area contributed by atoms with Gasteiger partial charge in [0.05, 0.1) is 0 Å². The maximum atomic E-state index is 12.3. The molecule has 0 spiro atoms.